The number of carbonyl (C=O) groups is 13. The number of aliphatic carboxylic acids is 3. The molecule has 10 amide bonds. The molecule has 0 bridgehead atoms. The number of thiol groups is 2. The molecule has 0 aromatic rings. The van der Waals surface area contributed by atoms with E-state index in [1.54, 1.807) is 41.5 Å². The average Bonchev–Trinajstić information content (AvgIpc) is 3.86. The summed E-state index contributed by atoms with van der Waals surface area (Å²) in [4.78, 5) is 168. The van der Waals surface area contributed by atoms with Crippen molar-refractivity contribution in [2.45, 2.75) is 154 Å². The minimum absolute atomic E-state index is 0.0607. The van der Waals surface area contributed by atoms with Crippen molar-refractivity contribution in [3.8, 4) is 0 Å². The van der Waals surface area contributed by atoms with E-state index in [2.05, 4.69) is 73.1 Å². The fraction of sp³-hybridized carbons (Fsp3) is 0.711. The van der Waals surface area contributed by atoms with Crippen LogP contribution in [0.15, 0.2) is 0 Å². The molecule has 0 spiro atoms. The van der Waals surface area contributed by atoms with Crippen molar-refractivity contribution in [3.05, 3.63) is 0 Å². The van der Waals surface area contributed by atoms with E-state index in [4.69, 9.17) is 10.8 Å². The molecule has 0 saturated carbocycles. The molecule has 1 rings (SSSR count). The summed E-state index contributed by atoms with van der Waals surface area (Å²) >= 11 is 7.98. The van der Waals surface area contributed by atoms with E-state index in [9.17, 15) is 72.5 Å². The van der Waals surface area contributed by atoms with Crippen LogP contribution in [0.2, 0.25) is 0 Å². The molecule has 74 heavy (non-hydrogen) atoms. The molecule has 0 aliphatic carbocycles. The molecule has 29 heteroatoms. The number of hydrogen-bond acceptors (Lipinski definition) is 16. The molecule has 14 N–H and O–H groups in total. The summed E-state index contributed by atoms with van der Waals surface area (Å²) in [6.07, 6.45) is -0.0103. The largest absolute Gasteiger partial charge is 0.481 e. The van der Waals surface area contributed by atoms with Crippen LogP contribution in [0.4, 0.5) is 0 Å². The summed E-state index contributed by atoms with van der Waals surface area (Å²) < 4.78 is 0. The van der Waals surface area contributed by atoms with E-state index < -0.39 is 175 Å². The Bertz CT molecular complexity index is 2040. The second-order valence-electron chi connectivity index (χ2n) is 18.1. The predicted octanol–water partition coefficient (Wildman–Crippen LogP) is -3.63. The van der Waals surface area contributed by atoms with Gasteiger partial charge >= 0.3 is 17.9 Å². The second-order valence-corrected chi connectivity index (χ2v) is 18.8. The molecule has 0 unspecified atom stereocenters. The van der Waals surface area contributed by atoms with Crippen LogP contribution >= 0.6 is 25.3 Å². The first kappa shape index (κ1) is 65.8. The molecule has 418 valence electrons. The first-order valence-corrected chi connectivity index (χ1v) is 25.5. The molecule has 0 aromatic carbocycles. The summed E-state index contributed by atoms with van der Waals surface area (Å²) in [5, 5.41) is 49.5. The Labute approximate surface area is 440 Å². The number of likely N-dealkylation sites (tertiary alicyclic amines) is 1. The van der Waals surface area contributed by atoms with Gasteiger partial charge in [-0.25, -0.2) is 4.79 Å². The number of hydrogen-bond donors (Lipinski definition) is 15. The first-order chi connectivity index (χ1) is 34.7. The van der Waals surface area contributed by atoms with Crippen molar-refractivity contribution in [2.75, 3.05) is 31.1 Å². The highest BCUT2D eigenvalue weighted by Gasteiger charge is 2.42. The average molecular weight is 1090 g/mol. The quantitative estimate of drug-likeness (QED) is 0.0282. The monoisotopic (exact) mass is 1090 g/mol. The Hall–Kier alpha value is -6.23. The summed E-state index contributed by atoms with van der Waals surface area (Å²) in [6, 6.07) is -11.9. The van der Waals surface area contributed by atoms with Crippen molar-refractivity contribution in [1.29, 1.82) is 0 Å². The van der Waals surface area contributed by atoms with Crippen LogP contribution in [0, 0.1) is 17.8 Å². The van der Waals surface area contributed by atoms with Gasteiger partial charge in [0, 0.05) is 24.5 Å². The zero-order valence-corrected chi connectivity index (χ0v) is 44.5. The molecular formula is C45H75N11O16S2. The lowest BCUT2D eigenvalue weighted by Crippen LogP contribution is -2.61. The van der Waals surface area contributed by atoms with Gasteiger partial charge in [-0.2, -0.15) is 25.3 Å². The highest BCUT2D eigenvalue weighted by molar-refractivity contribution is 7.80. The fourth-order valence-electron chi connectivity index (χ4n) is 7.24. The third-order valence-electron chi connectivity index (χ3n) is 12.5. The first-order valence-electron chi connectivity index (χ1n) is 24.3. The van der Waals surface area contributed by atoms with E-state index in [0.29, 0.717) is 25.7 Å². The molecular weight excluding hydrogens is 1010 g/mol. The molecule has 0 aromatic heterocycles. The lowest BCUT2D eigenvalue weighted by atomic mass is 9.96. The molecule has 1 fully saturated rings. The highest BCUT2D eigenvalue weighted by atomic mass is 32.1. The van der Waals surface area contributed by atoms with Crippen molar-refractivity contribution < 1.29 is 77.6 Å². The van der Waals surface area contributed by atoms with Crippen molar-refractivity contribution >= 4 is 102 Å². The Kier molecular flexibility index (Phi) is 29.2. The number of rotatable bonds is 33. The Morgan fingerprint density at radius 2 is 1.05 bits per heavy atom. The lowest BCUT2D eigenvalue weighted by Gasteiger charge is -2.33. The van der Waals surface area contributed by atoms with Crippen LogP contribution in [-0.2, 0) is 62.3 Å². The number of nitrogens with one attached hydrogen (secondary N) is 9. The van der Waals surface area contributed by atoms with Gasteiger partial charge in [-0.05, 0) is 43.9 Å². The van der Waals surface area contributed by atoms with E-state index >= 15 is 0 Å². The Morgan fingerprint density at radius 1 is 0.568 bits per heavy atom. The van der Waals surface area contributed by atoms with E-state index in [1.807, 2.05) is 0 Å². The molecule has 1 heterocycles. The zero-order valence-electron chi connectivity index (χ0n) is 42.7. The fourth-order valence-corrected chi connectivity index (χ4v) is 7.74. The maximum atomic E-state index is 14.3. The van der Waals surface area contributed by atoms with Crippen LogP contribution in [0.25, 0.3) is 0 Å². The van der Waals surface area contributed by atoms with Gasteiger partial charge in [0.05, 0.1) is 25.6 Å². The number of nitrogens with zero attached hydrogens (tertiary/aromatic N) is 1. The van der Waals surface area contributed by atoms with Gasteiger partial charge in [-0.15, -0.1) is 0 Å². The minimum atomic E-state index is -1.77. The minimum Gasteiger partial charge on any atom is -0.481 e. The third kappa shape index (κ3) is 21.7. The lowest BCUT2D eigenvalue weighted by molar-refractivity contribution is -0.144. The van der Waals surface area contributed by atoms with Crippen molar-refractivity contribution in [2.24, 2.45) is 23.5 Å². The van der Waals surface area contributed by atoms with Crippen LogP contribution in [0.1, 0.15) is 99.8 Å². The van der Waals surface area contributed by atoms with E-state index in [0.717, 1.165) is 0 Å². The van der Waals surface area contributed by atoms with E-state index in [1.165, 1.54) is 11.8 Å². The zero-order chi connectivity index (χ0) is 56.6. The third-order valence-corrected chi connectivity index (χ3v) is 13.2. The number of carboxylic acids is 3. The van der Waals surface area contributed by atoms with Gasteiger partial charge in [-0.1, -0.05) is 60.8 Å². The van der Waals surface area contributed by atoms with Crippen LogP contribution < -0.4 is 53.6 Å². The van der Waals surface area contributed by atoms with Gasteiger partial charge in [0.25, 0.3) is 0 Å². The summed E-state index contributed by atoms with van der Waals surface area (Å²) in [5.74, 6) is -14.4. The molecule has 1 aliphatic heterocycles. The number of carboxylic acid groups (broad SMARTS) is 3. The smallest absolute Gasteiger partial charge is 0.327 e. The molecule has 1 aliphatic rings. The van der Waals surface area contributed by atoms with Gasteiger partial charge in [0.1, 0.15) is 48.3 Å². The Balaban J connectivity index is 3.05. The summed E-state index contributed by atoms with van der Waals surface area (Å²) in [6.45, 7) is 10.3. The SMILES string of the molecule is CC[C@H](C)[C@H](NC(=O)CNC(=O)[C@H](C)NC(=O)CNC(=O)[C@@H](NC(=O)[C@@H]1CCCN1C(=O)[C@@H](NC(=O)[C@H](CC(=O)O)NC(=O)[C@H](CS)NC(=O)[C@@H](N)CCC(=O)O)[C@@H](C)CC)[C@@H](C)CC)C(=O)N[C@@H](CS)C(=O)O. The predicted molar refractivity (Wildman–Crippen MR) is 271 cm³/mol. The second kappa shape index (κ2) is 32.8. The van der Waals surface area contributed by atoms with Crippen LogP contribution in [-0.4, -0.2) is 183 Å². The molecule has 27 nitrogen and oxygen atoms in total. The highest BCUT2D eigenvalue weighted by Crippen LogP contribution is 2.23. The summed E-state index contributed by atoms with van der Waals surface area (Å²) in [7, 11) is 0. The molecule has 0 radical (unpaired) electrons. The van der Waals surface area contributed by atoms with E-state index in [-0.39, 0.29) is 30.9 Å². The molecule has 12 atom stereocenters. The van der Waals surface area contributed by atoms with Crippen molar-refractivity contribution in [3.63, 3.8) is 0 Å². The maximum absolute atomic E-state index is 14.3. The van der Waals surface area contributed by atoms with Gasteiger partial charge in [0.15, 0.2) is 0 Å². The van der Waals surface area contributed by atoms with Gasteiger partial charge in [-0.3, -0.25) is 57.5 Å². The number of nitrogens with two attached hydrogens (primary N) is 1. The van der Waals surface area contributed by atoms with Crippen LogP contribution in [0.5, 0.6) is 0 Å². The number of carbonyl (C=O) groups excluding carboxylic acids is 10. The van der Waals surface area contributed by atoms with Crippen molar-refractivity contribution in [1.82, 2.24) is 52.8 Å². The molecule has 1 saturated heterocycles. The van der Waals surface area contributed by atoms with Gasteiger partial charge < -0.3 is 73.8 Å². The summed E-state index contributed by atoms with van der Waals surface area (Å²) in [5.41, 5.74) is 5.73. The topological polar surface area (TPSA) is 420 Å². The van der Waals surface area contributed by atoms with Crippen LogP contribution in [0.3, 0.4) is 0 Å². The normalized spacial score (nSPS) is 17.5. The number of amides is 10. The maximum Gasteiger partial charge on any atom is 0.327 e. The van der Waals surface area contributed by atoms with Gasteiger partial charge in [0.2, 0.25) is 59.1 Å². The Morgan fingerprint density at radius 3 is 1.57 bits per heavy atom. The standard InChI is InChI=1S/C45H75N11O16S2/c1-8-21(4)34(42(68)48-17-30(57)49-24(7)37(63)47-18-31(58)53-35(22(5)9-2)43(69)52-28(20-74)45(71)72)54-41(67)29-12-11-15-56(29)44(70)36(23(6)10-3)55-39(65)26(16-33(61)62)50-40(66)27(19-73)51-38(64)25(46)13-14-32(59)60/h21-29,34-36,73-74H,8-20,46H2,1-7H3,(H,47,63)(H,48,68)(H,49,57)(H,50,66)(H,51,64)(H,52,69)(H,53,58)(H,54,67)(H,55,65)(H,59,60)(H,61,62)(H,71,72)/t21-,22-,23-,24-,25-,26-,27-,28-,29-,34-,35-,36-/m0/s1.